The lowest BCUT2D eigenvalue weighted by atomic mass is 9.67. The lowest BCUT2D eigenvalue weighted by Gasteiger charge is -2.45. The molecule has 0 atom stereocenters. The van der Waals surface area contributed by atoms with E-state index in [1.54, 1.807) is 36.1 Å². The Labute approximate surface area is 249 Å². The molecule has 0 aliphatic carbocycles. The van der Waals surface area contributed by atoms with Crippen LogP contribution in [0.5, 0.6) is 11.5 Å². The van der Waals surface area contributed by atoms with Crippen LogP contribution in [-0.4, -0.2) is 69.1 Å². The zero-order valence-electron chi connectivity index (χ0n) is 27.5. The standard InChI is InChI=1S/C30H50B2N2O2Si4/c1-35-25-19-15-23(16-20-25)27-29(31(27)33(37(3,4)5)38(6,7)8)30-28(24-17-21-26(36-2)22-18-24)32(30)34(39(9,10)11)40(12,13)14/h15-22H,1-14H3. The largest absolute Gasteiger partial charge is 0.497 e. The van der Waals surface area contributed by atoms with Crippen molar-refractivity contribution in [2.45, 2.75) is 78.6 Å². The predicted molar refractivity (Wildman–Crippen MR) is 188 cm³/mol. The summed E-state index contributed by atoms with van der Waals surface area (Å²) >= 11 is 0. The van der Waals surface area contributed by atoms with E-state index in [2.05, 4.69) is 135 Å². The van der Waals surface area contributed by atoms with Crippen molar-refractivity contribution >= 4 is 57.6 Å². The van der Waals surface area contributed by atoms with Crippen molar-refractivity contribution in [2.24, 2.45) is 0 Å². The Morgan fingerprint density at radius 3 is 0.875 bits per heavy atom. The zero-order valence-corrected chi connectivity index (χ0v) is 31.5. The van der Waals surface area contributed by atoms with E-state index in [4.69, 9.17) is 9.47 Å². The van der Waals surface area contributed by atoms with Gasteiger partial charge >= 0.3 is 0 Å². The van der Waals surface area contributed by atoms with Gasteiger partial charge in [0.15, 0.2) is 0 Å². The van der Waals surface area contributed by atoms with Gasteiger partial charge in [0.05, 0.1) is 14.2 Å². The fourth-order valence-corrected chi connectivity index (χ4v) is 27.5. The van der Waals surface area contributed by atoms with Crippen molar-refractivity contribution in [3.05, 3.63) is 70.6 Å². The van der Waals surface area contributed by atoms with E-state index in [1.165, 1.54) is 11.1 Å². The first kappa shape index (κ1) is 31.4. The molecule has 0 amide bonds. The molecular weight excluding hydrogens is 554 g/mol. The van der Waals surface area contributed by atoms with Crippen LogP contribution in [0.3, 0.4) is 0 Å². The van der Waals surface area contributed by atoms with Crippen LogP contribution in [0.25, 0.3) is 10.9 Å². The van der Waals surface area contributed by atoms with Crippen molar-refractivity contribution in [2.75, 3.05) is 14.2 Å². The third-order valence-electron chi connectivity index (χ3n) is 8.01. The van der Waals surface area contributed by atoms with E-state index in [9.17, 15) is 0 Å². The molecule has 214 valence electrons. The average molecular weight is 605 g/mol. The monoisotopic (exact) mass is 604 g/mol. The highest BCUT2D eigenvalue weighted by Gasteiger charge is 2.62. The topological polar surface area (TPSA) is 24.9 Å². The van der Waals surface area contributed by atoms with Crippen LogP contribution in [0.2, 0.25) is 78.6 Å². The van der Waals surface area contributed by atoms with E-state index in [-0.39, 0.29) is 0 Å². The van der Waals surface area contributed by atoms with Gasteiger partial charge in [0.25, 0.3) is 13.7 Å². The second kappa shape index (κ2) is 10.6. The summed E-state index contributed by atoms with van der Waals surface area (Å²) in [4.78, 5) is 0. The summed E-state index contributed by atoms with van der Waals surface area (Å²) in [5.74, 6) is 1.84. The second-order valence-corrected chi connectivity index (χ2v) is 35.5. The molecule has 0 saturated carbocycles. The SMILES string of the molecule is COc1ccc(C2=C(C3=C(c4ccc(OC)cc4)B3N([Si](C)(C)C)[Si](C)(C)C)B2N([Si](C)(C)C)[Si](C)(C)C)cc1. The number of nitrogens with zero attached hydrogens (tertiary/aromatic N) is 2. The molecule has 2 heterocycles. The quantitative estimate of drug-likeness (QED) is 0.243. The Morgan fingerprint density at radius 1 is 0.425 bits per heavy atom. The molecule has 2 aromatic rings. The van der Waals surface area contributed by atoms with Crippen LogP contribution in [0.1, 0.15) is 11.1 Å². The van der Waals surface area contributed by atoms with Crippen LogP contribution in [0.15, 0.2) is 59.5 Å². The summed E-state index contributed by atoms with van der Waals surface area (Å²) in [6.45, 7) is 31.2. The lowest BCUT2D eigenvalue weighted by molar-refractivity contribution is 0.414. The van der Waals surface area contributed by atoms with Crippen LogP contribution in [-0.2, 0) is 0 Å². The molecule has 0 fully saturated rings. The molecule has 0 saturated heterocycles. The number of benzene rings is 2. The van der Waals surface area contributed by atoms with Gasteiger partial charge in [-0.1, -0.05) is 125 Å². The Hall–Kier alpha value is -1.56. The molecular formula is C30H50B2N2O2Si4. The zero-order chi connectivity index (χ0) is 30.0. The van der Waals surface area contributed by atoms with Gasteiger partial charge in [0.2, 0.25) is 0 Å². The smallest absolute Gasteiger partial charge is 0.277 e. The molecule has 0 radical (unpaired) electrons. The first-order valence-corrected chi connectivity index (χ1v) is 28.5. The molecule has 2 aliphatic heterocycles. The molecule has 0 aromatic heterocycles. The molecule has 2 aromatic carbocycles. The summed E-state index contributed by atoms with van der Waals surface area (Å²) in [6, 6.07) is 17.6. The van der Waals surface area contributed by atoms with Gasteiger partial charge in [-0.25, -0.2) is 0 Å². The van der Waals surface area contributed by atoms with E-state index >= 15 is 0 Å². The van der Waals surface area contributed by atoms with E-state index in [0.717, 1.165) is 11.5 Å². The minimum atomic E-state index is -1.62. The maximum absolute atomic E-state index is 5.53. The van der Waals surface area contributed by atoms with Crippen LogP contribution in [0.4, 0.5) is 0 Å². The van der Waals surface area contributed by atoms with Crippen molar-refractivity contribution in [3.63, 3.8) is 0 Å². The summed E-state index contributed by atoms with van der Waals surface area (Å²) < 4.78 is 17.1. The van der Waals surface area contributed by atoms with Crippen molar-refractivity contribution in [1.82, 2.24) is 8.28 Å². The summed E-state index contributed by atoms with van der Waals surface area (Å²) in [5, 5.41) is 0. The number of rotatable bonds is 11. The molecule has 40 heavy (non-hydrogen) atoms. The molecule has 4 rings (SSSR count). The number of hydrogen-bond donors (Lipinski definition) is 0. The minimum Gasteiger partial charge on any atom is -0.497 e. The van der Waals surface area contributed by atoms with Crippen molar-refractivity contribution in [3.8, 4) is 11.5 Å². The Morgan fingerprint density at radius 2 is 0.675 bits per heavy atom. The molecule has 0 unspecified atom stereocenters. The van der Waals surface area contributed by atoms with E-state index < -0.39 is 32.9 Å². The number of ether oxygens (including phenoxy) is 2. The molecule has 0 N–H and O–H groups in total. The van der Waals surface area contributed by atoms with Crippen LogP contribution in [0, 0.1) is 0 Å². The first-order chi connectivity index (χ1) is 18.3. The van der Waals surface area contributed by atoms with Gasteiger partial charge in [-0.2, -0.15) is 0 Å². The predicted octanol–water partition coefficient (Wildman–Crippen LogP) is 8.02. The highest BCUT2D eigenvalue weighted by atomic mass is 28.4. The van der Waals surface area contributed by atoms with Crippen molar-refractivity contribution < 1.29 is 9.47 Å². The summed E-state index contributed by atoms with van der Waals surface area (Å²) in [7, 11) is -2.97. The second-order valence-electron chi connectivity index (χ2n) is 15.3. The Bertz CT molecular complexity index is 1180. The first-order valence-electron chi connectivity index (χ1n) is 14.7. The van der Waals surface area contributed by atoms with Crippen LogP contribution >= 0.6 is 0 Å². The summed E-state index contributed by atoms with van der Waals surface area (Å²) in [6.07, 6.45) is 0. The number of methoxy groups -OCH3 is 2. The normalized spacial score (nSPS) is 16.4. The minimum absolute atomic E-state index is 0.407. The number of hydrogen-bond acceptors (Lipinski definition) is 4. The van der Waals surface area contributed by atoms with Gasteiger partial charge in [0, 0.05) is 0 Å². The molecule has 10 heteroatoms. The Kier molecular flexibility index (Phi) is 8.32. The van der Waals surface area contributed by atoms with Gasteiger partial charge in [-0.05, 0) is 35.4 Å². The maximum atomic E-state index is 5.53. The van der Waals surface area contributed by atoms with E-state index in [1.807, 2.05) is 0 Å². The highest BCUT2D eigenvalue weighted by Crippen LogP contribution is 2.58. The summed E-state index contributed by atoms with van der Waals surface area (Å²) in [5.41, 5.74) is 8.99. The maximum Gasteiger partial charge on any atom is 0.277 e. The molecule has 0 spiro atoms. The molecule has 0 bridgehead atoms. The van der Waals surface area contributed by atoms with Gasteiger partial charge in [0.1, 0.15) is 44.4 Å². The third-order valence-corrected chi connectivity index (χ3v) is 22.9. The van der Waals surface area contributed by atoms with Crippen LogP contribution < -0.4 is 9.47 Å². The van der Waals surface area contributed by atoms with Gasteiger partial charge in [-0.15, -0.1) is 0 Å². The highest BCUT2D eigenvalue weighted by molar-refractivity contribution is 7.19. The lowest BCUT2D eigenvalue weighted by Crippen LogP contribution is -2.63. The third kappa shape index (κ3) is 6.12. The Balaban J connectivity index is 1.94. The van der Waals surface area contributed by atoms with Gasteiger partial charge < -0.3 is 17.8 Å². The fourth-order valence-electron chi connectivity index (χ4n) is 7.25. The van der Waals surface area contributed by atoms with Crippen molar-refractivity contribution in [1.29, 1.82) is 0 Å². The molecule has 4 nitrogen and oxygen atoms in total. The van der Waals surface area contributed by atoms with E-state index in [0.29, 0.717) is 13.7 Å². The van der Waals surface area contributed by atoms with Gasteiger partial charge in [-0.3, -0.25) is 0 Å². The fraction of sp³-hybridized carbons (Fsp3) is 0.467. The number of allylic oxidation sites excluding steroid dienone is 2. The molecule has 2 aliphatic rings. The average Bonchev–Trinajstić information content (AvgIpc) is 3.70.